The zero-order chi connectivity index (χ0) is 15.4. The zero-order valence-electron chi connectivity index (χ0n) is 10.9. The first-order valence-electron chi connectivity index (χ1n) is 6.04. The van der Waals surface area contributed by atoms with E-state index in [9.17, 15) is 14.9 Å². The normalized spacial score (nSPS) is 10.1. The number of amides is 1. The highest BCUT2D eigenvalue weighted by atomic mass is 35.5. The Balaban J connectivity index is 2.23. The molecule has 0 aliphatic rings. The molecule has 3 N–H and O–H groups in total. The first-order valence-corrected chi connectivity index (χ1v) is 6.42. The van der Waals surface area contributed by atoms with Gasteiger partial charge in [0.1, 0.15) is 5.69 Å². The van der Waals surface area contributed by atoms with Gasteiger partial charge in [0.25, 0.3) is 5.69 Å². The Morgan fingerprint density at radius 2 is 2.05 bits per heavy atom. The molecule has 0 spiro atoms. The van der Waals surface area contributed by atoms with Crippen LogP contribution in [-0.2, 0) is 6.54 Å². The maximum Gasteiger partial charge on any atom is 0.293 e. The van der Waals surface area contributed by atoms with Gasteiger partial charge >= 0.3 is 0 Å². The van der Waals surface area contributed by atoms with E-state index in [1.807, 2.05) is 6.07 Å². The molecule has 0 bridgehead atoms. The third kappa shape index (κ3) is 3.70. The Hall–Kier alpha value is -2.60. The summed E-state index contributed by atoms with van der Waals surface area (Å²) in [5, 5.41) is 14.6. The third-order valence-electron chi connectivity index (χ3n) is 2.85. The van der Waals surface area contributed by atoms with Crippen LogP contribution in [0, 0.1) is 10.1 Å². The summed E-state index contributed by atoms with van der Waals surface area (Å²) >= 11 is 5.88. The van der Waals surface area contributed by atoms with E-state index in [1.54, 1.807) is 18.2 Å². The molecule has 2 aromatic carbocycles. The van der Waals surface area contributed by atoms with Gasteiger partial charge < -0.3 is 11.1 Å². The number of halogens is 1. The summed E-state index contributed by atoms with van der Waals surface area (Å²) in [7, 11) is 0. The molecule has 0 aromatic heterocycles. The van der Waals surface area contributed by atoms with E-state index in [2.05, 4.69) is 5.32 Å². The summed E-state index contributed by atoms with van der Waals surface area (Å²) < 4.78 is 0. The number of benzene rings is 2. The number of rotatable bonds is 5. The number of nitrogens with zero attached hydrogens (tertiary/aromatic N) is 1. The molecular formula is C14H12ClN3O3. The molecule has 0 heterocycles. The van der Waals surface area contributed by atoms with Crippen LogP contribution in [0.2, 0.25) is 5.02 Å². The number of hydrogen-bond acceptors (Lipinski definition) is 4. The lowest BCUT2D eigenvalue weighted by atomic mass is 10.1. The molecule has 108 valence electrons. The highest BCUT2D eigenvalue weighted by Gasteiger charge is 2.16. The topological polar surface area (TPSA) is 98.3 Å². The van der Waals surface area contributed by atoms with E-state index in [0.29, 0.717) is 17.3 Å². The molecule has 7 heteroatoms. The molecule has 0 unspecified atom stereocenters. The molecule has 0 fully saturated rings. The van der Waals surface area contributed by atoms with E-state index in [1.165, 1.54) is 12.1 Å². The third-order valence-corrected chi connectivity index (χ3v) is 3.09. The first-order chi connectivity index (χ1) is 9.97. The summed E-state index contributed by atoms with van der Waals surface area (Å²) in [5.74, 6) is -0.709. The molecule has 21 heavy (non-hydrogen) atoms. The second-order valence-electron chi connectivity index (χ2n) is 4.34. The van der Waals surface area contributed by atoms with Gasteiger partial charge in [-0.1, -0.05) is 23.7 Å². The predicted octanol–water partition coefficient (Wildman–Crippen LogP) is 2.96. The van der Waals surface area contributed by atoms with Crippen molar-refractivity contribution in [3.8, 4) is 0 Å². The van der Waals surface area contributed by atoms with Crippen LogP contribution in [0.4, 0.5) is 11.4 Å². The summed E-state index contributed by atoms with van der Waals surface area (Å²) in [6.07, 6.45) is 0. The molecule has 2 aromatic rings. The van der Waals surface area contributed by atoms with Crippen LogP contribution in [0.3, 0.4) is 0 Å². The van der Waals surface area contributed by atoms with E-state index >= 15 is 0 Å². The Morgan fingerprint density at radius 1 is 1.29 bits per heavy atom. The fourth-order valence-corrected chi connectivity index (χ4v) is 2.04. The standard InChI is InChI=1S/C14H12ClN3O3/c15-11-3-1-2-9(6-11)8-17-12-5-4-10(14(16)19)7-13(12)18(20)21/h1-7,17H,8H2,(H2,16,19). The predicted molar refractivity (Wildman–Crippen MR) is 80.4 cm³/mol. The van der Waals surface area contributed by atoms with Gasteiger partial charge in [-0.15, -0.1) is 0 Å². The van der Waals surface area contributed by atoms with Crippen LogP contribution in [-0.4, -0.2) is 10.8 Å². The number of primary amides is 1. The smallest absolute Gasteiger partial charge is 0.293 e. The average Bonchev–Trinajstić information content (AvgIpc) is 2.44. The van der Waals surface area contributed by atoms with Gasteiger partial charge in [0, 0.05) is 23.2 Å². The van der Waals surface area contributed by atoms with Crippen molar-refractivity contribution in [1.82, 2.24) is 0 Å². The van der Waals surface area contributed by atoms with Crippen molar-refractivity contribution in [2.75, 3.05) is 5.32 Å². The van der Waals surface area contributed by atoms with Crippen LogP contribution in [0.5, 0.6) is 0 Å². The van der Waals surface area contributed by atoms with Gasteiger partial charge in [0.2, 0.25) is 5.91 Å². The Bertz CT molecular complexity index is 704. The molecule has 1 amide bonds. The minimum absolute atomic E-state index is 0.0926. The van der Waals surface area contributed by atoms with Gasteiger partial charge in [0.15, 0.2) is 0 Å². The maximum atomic E-state index is 11.1. The van der Waals surface area contributed by atoms with E-state index in [4.69, 9.17) is 17.3 Å². The molecule has 2 rings (SSSR count). The van der Waals surface area contributed by atoms with Crippen molar-refractivity contribution >= 4 is 28.9 Å². The number of hydrogen-bond donors (Lipinski definition) is 2. The van der Waals surface area contributed by atoms with Gasteiger partial charge in [0.05, 0.1) is 4.92 Å². The van der Waals surface area contributed by atoms with Crippen LogP contribution in [0.15, 0.2) is 42.5 Å². The van der Waals surface area contributed by atoms with Crippen molar-refractivity contribution in [3.63, 3.8) is 0 Å². The Labute approximate surface area is 125 Å². The summed E-state index contributed by atoms with van der Waals surface area (Å²) in [6.45, 7) is 0.372. The number of anilines is 1. The summed E-state index contributed by atoms with van der Waals surface area (Å²) in [4.78, 5) is 21.6. The molecule has 0 saturated carbocycles. The molecule has 0 saturated heterocycles. The maximum absolute atomic E-state index is 11.1. The highest BCUT2D eigenvalue weighted by molar-refractivity contribution is 6.30. The highest BCUT2D eigenvalue weighted by Crippen LogP contribution is 2.26. The molecule has 0 radical (unpaired) electrons. The van der Waals surface area contributed by atoms with Gasteiger partial charge in [-0.2, -0.15) is 0 Å². The number of nitro benzene ring substituents is 1. The molecular weight excluding hydrogens is 294 g/mol. The SMILES string of the molecule is NC(=O)c1ccc(NCc2cccc(Cl)c2)c([N+](=O)[O-])c1. The second kappa shape index (κ2) is 6.23. The zero-order valence-corrected chi connectivity index (χ0v) is 11.6. The number of nitrogens with one attached hydrogen (secondary N) is 1. The lowest BCUT2D eigenvalue weighted by Crippen LogP contribution is -2.12. The van der Waals surface area contributed by atoms with Crippen molar-refractivity contribution in [2.24, 2.45) is 5.73 Å². The largest absolute Gasteiger partial charge is 0.375 e. The molecule has 0 atom stereocenters. The lowest BCUT2D eigenvalue weighted by Gasteiger charge is -2.08. The van der Waals surface area contributed by atoms with Crippen LogP contribution in [0.1, 0.15) is 15.9 Å². The Morgan fingerprint density at radius 3 is 2.67 bits per heavy atom. The van der Waals surface area contributed by atoms with E-state index in [0.717, 1.165) is 11.6 Å². The minimum Gasteiger partial charge on any atom is -0.375 e. The quantitative estimate of drug-likeness (QED) is 0.655. The van der Waals surface area contributed by atoms with Crippen molar-refractivity contribution in [3.05, 3.63) is 68.7 Å². The fourth-order valence-electron chi connectivity index (χ4n) is 1.83. The van der Waals surface area contributed by atoms with Gasteiger partial charge in [-0.3, -0.25) is 14.9 Å². The lowest BCUT2D eigenvalue weighted by molar-refractivity contribution is -0.384. The van der Waals surface area contributed by atoms with Crippen molar-refractivity contribution < 1.29 is 9.72 Å². The van der Waals surface area contributed by atoms with Crippen molar-refractivity contribution in [2.45, 2.75) is 6.54 Å². The van der Waals surface area contributed by atoms with Gasteiger partial charge in [-0.05, 0) is 29.8 Å². The van der Waals surface area contributed by atoms with Crippen LogP contribution in [0.25, 0.3) is 0 Å². The van der Waals surface area contributed by atoms with Crippen LogP contribution < -0.4 is 11.1 Å². The van der Waals surface area contributed by atoms with E-state index in [-0.39, 0.29) is 11.3 Å². The molecule has 0 aliphatic heterocycles. The molecule has 0 aliphatic carbocycles. The second-order valence-corrected chi connectivity index (χ2v) is 4.77. The fraction of sp³-hybridized carbons (Fsp3) is 0.0714. The summed E-state index contributed by atoms with van der Waals surface area (Å²) in [6, 6.07) is 11.2. The number of nitrogens with two attached hydrogens (primary N) is 1. The van der Waals surface area contributed by atoms with Gasteiger partial charge in [-0.25, -0.2) is 0 Å². The molecule has 6 nitrogen and oxygen atoms in total. The van der Waals surface area contributed by atoms with Crippen molar-refractivity contribution in [1.29, 1.82) is 0 Å². The first kappa shape index (κ1) is 14.8. The Kier molecular flexibility index (Phi) is 4.39. The number of carbonyl (C=O) groups is 1. The average molecular weight is 306 g/mol. The summed E-state index contributed by atoms with van der Waals surface area (Å²) in [5.41, 5.74) is 6.21. The van der Waals surface area contributed by atoms with E-state index < -0.39 is 10.8 Å². The monoisotopic (exact) mass is 305 g/mol. The van der Waals surface area contributed by atoms with Crippen LogP contribution >= 0.6 is 11.6 Å². The number of carbonyl (C=O) groups excluding carboxylic acids is 1. The minimum atomic E-state index is -0.709. The number of nitro groups is 1.